The zero-order valence-corrected chi connectivity index (χ0v) is 18.1. The highest BCUT2D eigenvalue weighted by Crippen LogP contribution is 2.47. The van der Waals surface area contributed by atoms with E-state index in [1.807, 2.05) is 13.8 Å². The van der Waals surface area contributed by atoms with Gasteiger partial charge < -0.3 is 15.8 Å². The molecule has 1 aliphatic heterocycles. The number of hydrogen-bond acceptors (Lipinski definition) is 4. The zero-order valence-electron chi connectivity index (χ0n) is 18.1. The number of ether oxygens (including phenoxy) is 1. The number of amides is 1. The molecule has 32 heavy (non-hydrogen) atoms. The van der Waals surface area contributed by atoms with Crippen molar-refractivity contribution < 1.29 is 27.1 Å². The van der Waals surface area contributed by atoms with Crippen molar-refractivity contribution in [2.45, 2.75) is 58.2 Å². The van der Waals surface area contributed by atoms with E-state index in [0.29, 0.717) is 38.2 Å². The molecule has 1 aromatic carbocycles. The lowest BCUT2D eigenvalue weighted by atomic mass is 9.71. The van der Waals surface area contributed by atoms with Gasteiger partial charge in [0.1, 0.15) is 5.82 Å². The van der Waals surface area contributed by atoms with Crippen LogP contribution in [0.4, 0.5) is 23.2 Å². The number of hydrogen-bond donors (Lipinski definition) is 2. The first-order chi connectivity index (χ1) is 14.9. The van der Waals surface area contributed by atoms with Gasteiger partial charge in [0.15, 0.2) is 5.69 Å². The Labute approximate surface area is 183 Å². The molecule has 1 amide bonds. The van der Waals surface area contributed by atoms with E-state index in [9.17, 15) is 22.4 Å². The number of carbonyl (C=O) groups excluding carboxylic acids is 1. The lowest BCUT2D eigenvalue weighted by molar-refractivity contribution is -0.142. The summed E-state index contributed by atoms with van der Waals surface area (Å²) in [6.45, 7) is 6.61. The van der Waals surface area contributed by atoms with Gasteiger partial charge in [-0.2, -0.15) is 18.3 Å². The molecule has 4 rings (SSSR count). The lowest BCUT2D eigenvalue weighted by Crippen LogP contribution is -2.27. The predicted octanol–water partition coefficient (Wildman–Crippen LogP) is 4.41. The van der Waals surface area contributed by atoms with Crippen LogP contribution in [-0.2, 0) is 17.3 Å². The Balaban J connectivity index is 1.90. The van der Waals surface area contributed by atoms with Gasteiger partial charge in [-0.1, -0.05) is 20.8 Å². The third-order valence-corrected chi connectivity index (χ3v) is 6.14. The molecule has 0 bridgehead atoms. The van der Waals surface area contributed by atoms with E-state index in [0.717, 1.165) is 6.07 Å². The third kappa shape index (κ3) is 4.07. The molecule has 2 heterocycles. The quantitative estimate of drug-likeness (QED) is 0.671. The summed E-state index contributed by atoms with van der Waals surface area (Å²) in [6, 6.07) is 2.27. The van der Waals surface area contributed by atoms with Crippen molar-refractivity contribution in [3.8, 4) is 5.69 Å². The number of rotatable bonds is 4. The number of fused-ring (bicyclic) bond motifs is 1. The summed E-state index contributed by atoms with van der Waals surface area (Å²) in [6.07, 6.45) is -3.06. The Morgan fingerprint density at radius 1 is 1.34 bits per heavy atom. The largest absolute Gasteiger partial charge is 0.435 e. The standard InChI is InChI=1S/C22H26F4N4O2/c1-11-8-21(2,3)9-16-17(11)19(22(24,25)26)29-30(16)13-6-14(23)18(20(27)31)15(7-13)28-12-4-5-32-10-12/h6-7,11-12,28H,4-5,8-10H2,1-3H3,(H2,27,31)/t11?,12-/m0/s1. The molecule has 2 atom stereocenters. The molecule has 3 N–H and O–H groups in total. The fourth-order valence-electron chi connectivity index (χ4n) is 4.98. The van der Waals surface area contributed by atoms with E-state index >= 15 is 0 Å². The van der Waals surface area contributed by atoms with Crippen LogP contribution in [0.25, 0.3) is 5.69 Å². The SMILES string of the molecule is CC1CC(C)(C)Cc2c1c(C(F)(F)F)nn2-c1cc(F)c(C(N)=O)c(N[C@H]2CCOC2)c1. The van der Waals surface area contributed by atoms with Crippen LogP contribution in [0.2, 0.25) is 0 Å². The van der Waals surface area contributed by atoms with Crippen LogP contribution >= 0.6 is 0 Å². The number of nitrogens with two attached hydrogens (primary N) is 1. The molecular weight excluding hydrogens is 428 g/mol. The lowest BCUT2D eigenvalue weighted by Gasteiger charge is -2.34. The third-order valence-electron chi connectivity index (χ3n) is 6.14. The number of primary amides is 1. The van der Waals surface area contributed by atoms with E-state index in [1.54, 1.807) is 6.92 Å². The zero-order chi connectivity index (χ0) is 23.4. The van der Waals surface area contributed by atoms with Gasteiger partial charge in [-0.05, 0) is 36.7 Å². The van der Waals surface area contributed by atoms with Crippen LogP contribution in [0.15, 0.2) is 12.1 Å². The monoisotopic (exact) mass is 454 g/mol. The summed E-state index contributed by atoms with van der Waals surface area (Å²) in [5.74, 6) is -2.25. The van der Waals surface area contributed by atoms with Crippen molar-refractivity contribution in [3.63, 3.8) is 0 Å². The Morgan fingerprint density at radius 2 is 2.06 bits per heavy atom. The fourth-order valence-corrected chi connectivity index (χ4v) is 4.98. The van der Waals surface area contributed by atoms with E-state index in [1.165, 1.54) is 10.7 Å². The molecule has 2 aliphatic rings. The summed E-state index contributed by atoms with van der Waals surface area (Å²) in [4.78, 5) is 11.9. The highest BCUT2D eigenvalue weighted by atomic mass is 19.4. The van der Waals surface area contributed by atoms with Gasteiger partial charge in [-0.3, -0.25) is 4.79 Å². The second-order valence-electron chi connectivity index (χ2n) is 9.48. The molecule has 174 valence electrons. The van der Waals surface area contributed by atoms with Crippen molar-refractivity contribution in [2.24, 2.45) is 11.1 Å². The maximum Gasteiger partial charge on any atom is 0.435 e. The van der Waals surface area contributed by atoms with E-state index in [-0.39, 0.29) is 39.9 Å². The van der Waals surface area contributed by atoms with Crippen molar-refractivity contribution >= 4 is 11.6 Å². The first kappa shape index (κ1) is 22.6. The molecule has 1 fully saturated rings. The van der Waals surface area contributed by atoms with E-state index < -0.39 is 23.6 Å². The van der Waals surface area contributed by atoms with Crippen molar-refractivity contribution in [1.82, 2.24) is 9.78 Å². The highest BCUT2D eigenvalue weighted by molar-refractivity contribution is 5.99. The van der Waals surface area contributed by atoms with Gasteiger partial charge in [0, 0.05) is 23.9 Å². The Hall–Kier alpha value is -2.62. The summed E-state index contributed by atoms with van der Waals surface area (Å²) < 4.78 is 63.0. The van der Waals surface area contributed by atoms with Crippen LogP contribution in [-0.4, -0.2) is 34.9 Å². The number of alkyl halides is 3. The van der Waals surface area contributed by atoms with Crippen molar-refractivity contribution in [1.29, 1.82) is 0 Å². The fraction of sp³-hybridized carbons (Fsp3) is 0.545. The van der Waals surface area contributed by atoms with Crippen molar-refractivity contribution in [3.05, 3.63) is 40.5 Å². The van der Waals surface area contributed by atoms with E-state index in [4.69, 9.17) is 10.5 Å². The molecule has 1 aliphatic carbocycles. The van der Waals surface area contributed by atoms with Crippen LogP contribution in [0.3, 0.4) is 0 Å². The second-order valence-corrected chi connectivity index (χ2v) is 9.48. The van der Waals surface area contributed by atoms with Crippen LogP contribution < -0.4 is 11.1 Å². The maximum atomic E-state index is 15.0. The minimum absolute atomic E-state index is 0.102. The smallest absolute Gasteiger partial charge is 0.379 e. The molecule has 1 unspecified atom stereocenters. The maximum absolute atomic E-state index is 15.0. The Morgan fingerprint density at radius 3 is 2.66 bits per heavy atom. The molecule has 0 radical (unpaired) electrons. The molecule has 1 saturated heterocycles. The summed E-state index contributed by atoms with van der Waals surface area (Å²) in [7, 11) is 0. The van der Waals surface area contributed by atoms with Crippen LogP contribution in [0.1, 0.15) is 66.8 Å². The average molecular weight is 454 g/mol. The molecule has 1 aromatic heterocycles. The van der Waals surface area contributed by atoms with Gasteiger partial charge in [0.05, 0.1) is 29.6 Å². The van der Waals surface area contributed by atoms with Crippen LogP contribution in [0, 0.1) is 11.2 Å². The predicted molar refractivity (Wildman–Crippen MR) is 110 cm³/mol. The number of nitrogens with zero attached hydrogens (tertiary/aromatic N) is 2. The summed E-state index contributed by atoms with van der Waals surface area (Å²) in [5, 5.41) is 6.95. The van der Waals surface area contributed by atoms with Gasteiger partial charge in [0.2, 0.25) is 0 Å². The topological polar surface area (TPSA) is 82.2 Å². The molecule has 6 nitrogen and oxygen atoms in total. The first-order valence-corrected chi connectivity index (χ1v) is 10.5. The molecule has 0 spiro atoms. The second kappa shape index (κ2) is 7.75. The number of aromatic nitrogens is 2. The van der Waals surface area contributed by atoms with Gasteiger partial charge in [-0.25, -0.2) is 9.07 Å². The molecule has 2 aromatic rings. The van der Waals surface area contributed by atoms with Gasteiger partial charge in [-0.15, -0.1) is 0 Å². The Bertz CT molecular complexity index is 1060. The first-order valence-electron chi connectivity index (χ1n) is 10.5. The minimum atomic E-state index is -4.64. The average Bonchev–Trinajstić information content (AvgIpc) is 3.27. The number of benzene rings is 1. The number of halogens is 4. The summed E-state index contributed by atoms with van der Waals surface area (Å²) in [5.41, 5.74) is 4.61. The number of nitrogens with one attached hydrogen (secondary N) is 1. The normalized spacial score (nSPS) is 22.6. The minimum Gasteiger partial charge on any atom is -0.379 e. The molecular formula is C22H26F4N4O2. The number of carbonyl (C=O) groups is 1. The molecule has 10 heteroatoms. The molecule has 0 saturated carbocycles. The number of anilines is 1. The van der Waals surface area contributed by atoms with E-state index in [2.05, 4.69) is 10.4 Å². The van der Waals surface area contributed by atoms with Gasteiger partial charge >= 0.3 is 6.18 Å². The Kier molecular flexibility index (Phi) is 5.47. The van der Waals surface area contributed by atoms with Crippen molar-refractivity contribution in [2.75, 3.05) is 18.5 Å². The van der Waals surface area contributed by atoms with Crippen LogP contribution in [0.5, 0.6) is 0 Å². The van der Waals surface area contributed by atoms with Gasteiger partial charge in [0.25, 0.3) is 5.91 Å². The highest BCUT2D eigenvalue weighted by Gasteiger charge is 2.44. The summed E-state index contributed by atoms with van der Waals surface area (Å²) >= 11 is 0.